The van der Waals surface area contributed by atoms with Gasteiger partial charge in [-0.2, -0.15) is 5.26 Å². The summed E-state index contributed by atoms with van der Waals surface area (Å²) in [5.41, 5.74) is -0.00706. The van der Waals surface area contributed by atoms with E-state index in [1.54, 1.807) is 18.2 Å². The first kappa shape index (κ1) is 26.4. The summed E-state index contributed by atoms with van der Waals surface area (Å²) in [5, 5.41) is 8.82. The smallest absolute Gasteiger partial charge is 0.454 e. The summed E-state index contributed by atoms with van der Waals surface area (Å²) in [6.45, 7) is 15.7. The first-order valence-electron chi connectivity index (χ1n) is 10.5. The first-order valence-corrected chi connectivity index (χ1v) is 10.5. The molecule has 1 aliphatic rings. The number of aldehydes is 1. The second-order valence-electron chi connectivity index (χ2n) is 7.36. The molecule has 0 aliphatic carbocycles. The number of nitriles is 1. The summed E-state index contributed by atoms with van der Waals surface area (Å²) < 4.78 is 31.7. The third-order valence-corrected chi connectivity index (χ3v) is 4.98. The van der Waals surface area contributed by atoms with Crippen molar-refractivity contribution in [2.24, 2.45) is 0 Å². The van der Waals surface area contributed by atoms with Gasteiger partial charge in [-0.05, 0) is 69.6 Å². The number of halogens is 1. The lowest BCUT2D eigenvalue weighted by atomic mass is 9.76. The van der Waals surface area contributed by atoms with E-state index in [1.165, 1.54) is 12.1 Å². The Balaban J connectivity index is 0.00000113. The van der Waals surface area contributed by atoms with Gasteiger partial charge in [0, 0.05) is 5.56 Å². The molecule has 166 valence electrons. The Morgan fingerprint density at radius 2 is 1.58 bits per heavy atom. The molecule has 1 heterocycles. The second-order valence-corrected chi connectivity index (χ2v) is 7.36. The highest BCUT2D eigenvalue weighted by molar-refractivity contribution is 6.63. The van der Waals surface area contributed by atoms with E-state index in [-0.39, 0.29) is 11.3 Å². The van der Waals surface area contributed by atoms with Gasteiger partial charge in [0.25, 0.3) is 0 Å². The quantitative estimate of drug-likeness (QED) is 0.466. The van der Waals surface area contributed by atoms with E-state index in [9.17, 15) is 9.18 Å². The number of hydrogen-bond donors (Lipinski definition) is 0. The van der Waals surface area contributed by atoms with Crippen molar-refractivity contribution >= 4 is 18.9 Å². The van der Waals surface area contributed by atoms with E-state index < -0.39 is 24.1 Å². The molecule has 0 amide bonds. The fraction of sp³-hybridized carbons (Fsp3) is 0.417. The summed E-state index contributed by atoms with van der Waals surface area (Å²) in [4.78, 5) is 11.5. The standard InChI is InChI=1S/C20H19BFNO4.2C2H6/c1-19(2)20(3,4)27-21(26-19)16-10-15(7-6-14(16)12-24)25-18-8-5-13(11-23)9-17(18)22;2*1-2/h5-10,12H,1-4H3;2*1-2H3. The van der Waals surface area contributed by atoms with Crippen molar-refractivity contribution < 1.29 is 23.2 Å². The minimum Gasteiger partial charge on any atom is -0.454 e. The zero-order valence-electron chi connectivity index (χ0n) is 19.6. The van der Waals surface area contributed by atoms with Crippen LogP contribution in [0.1, 0.15) is 71.3 Å². The Morgan fingerprint density at radius 1 is 1.00 bits per heavy atom. The average molecular weight is 427 g/mol. The third-order valence-electron chi connectivity index (χ3n) is 4.98. The molecule has 1 aliphatic heterocycles. The maximum Gasteiger partial charge on any atom is 0.495 e. The number of benzene rings is 2. The lowest BCUT2D eigenvalue weighted by Crippen LogP contribution is -2.41. The molecule has 1 fully saturated rings. The van der Waals surface area contributed by atoms with Crippen LogP contribution in [0.5, 0.6) is 11.5 Å². The van der Waals surface area contributed by atoms with Gasteiger partial charge in [0.2, 0.25) is 0 Å². The van der Waals surface area contributed by atoms with Crippen LogP contribution in [0.4, 0.5) is 4.39 Å². The Labute approximate surface area is 185 Å². The molecule has 1 saturated heterocycles. The van der Waals surface area contributed by atoms with Crippen molar-refractivity contribution in [3.05, 3.63) is 53.3 Å². The van der Waals surface area contributed by atoms with Gasteiger partial charge in [-0.3, -0.25) is 4.79 Å². The zero-order chi connectivity index (χ0) is 23.8. The second kappa shape index (κ2) is 11.1. The number of nitrogens with zero attached hydrogens (tertiary/aromatic N) is 1. The molecule has 2 aromatic rings. The summed E-state index contributed by atoms with van der Waals surface area (Å²) in [5.74, 6) is -0.340. The largest absolute Gasteiger partial charge is 0.495 e. The Kier molecular flexibility index (Phi) is 9.42. The van der Waals surface area contributed by atoms with Gasteiger partial charge in [-0.15, -0.1) is 0 Å². The molecule has 0 unspecified atom stereocenters. The van der Waals surface area contributed by atoms with E-state index in [2.05, 4.69) is 0 Å². The molecule has 31 heavy (non-hydrogen) atoms. The molecule has 0 aromatic heterocycles. The van der Waals surface area contributed by atoms with E-state index in [4.69, 9.17) is 19.3 Å². The number of carbonyl (C=O) groups is 1. The monoisotopic (exact) mass is 427 g/mol. The highest BCUT2D eigenvalue weighted by Crippen LogP contribution is 2.37. The van der Waals surface area contributed by atoms with E-state index >= 15 is 0 Å². The fourth-order valence-corrected chi connectivity index (χ4v) is 2.68. The third kappa shape index (κ3) is 5.93. The molecule has 0 spiro atoms. The lowest BCUT2D eigenvalue weighted by Gasteiger charge is -2.32. The maximum atomic E-state index is 14.1. The van der Waals surface area contributed by atoms with Crippen LogP contribution in [0, 0.1) is 17.1 Å². The van der Waals surface area contributed by atoms with Gasteiger partial charge in [0.1, 0.15) is 12.0 Å². The number of carbonyl (C=O) groups excluding carboxylic acids is 1. The Hall–Kier alpha value is -2.69. The van der Waals surface area contributed by atoms with Crippen molar-refractivity contribution in [2.45, 2.75) is 66.6 Å². The highest BCUT2D eigenvalue weighted by Gasteiger charge is 2.52. The average Bonchev–Trinajstić information content (AvgIpc) is 2.99. The molecule has 0 bridgehead atoms. The van der Waals surface area contributed by atoms with Gasteiger partial charge in [0.05, 0.1) is 22.8 Å². The molecular weight excluding hydrogens is 396 g/mol. The Morgan fingerprint density at radius 3 is 2.06 bits per heavy atom. The van der Waals surface area contributed by atoms with Crippen LogP contribution < -0.4 is 10.2 Å². The fourth-order valence-electron chi connectivity index (χ4n) is 2.68. The van der Waals surface area contributed by atoms with Gasteiger partial charge in [0.15, 0.2) is 11.6 Å². The summed E-state index contributed by atoms with van der Waals surface area (Å²) in [7, 11) is -0.746. The lowest BCUT2D eigenvalue weighted by molar-refractivity contribution is 0.00578. The van der Waals surface area contributed by atoms with E-state index in [1.807, 2.05) is 61.5 Å². The van der Waals surface area contributed by atoms with Crippen LogP contribution in [-0.4, -0.2) is 24.6 Å². The highest BCUT2D eigenvalue weighted by atomic mass is 19.1. The van der Waals surface area contributed by atoms with Gasteiger partial charge < -0.3 is 14.0 Å². The maximum absolute atomic E-state index is 14.1. The summed E-state index contributed by atoms with van der Waals surface area (Å²) in [6, 6.07) is 10.6. The van der Waals surface area contributed by atoms with Crippen LogP contribution in [0.15, 0.2) is 36.4 Å². The Bertz CT molecular complexity index is 922. The van der Waals surface area contributed by atoms with Gasteiger partial charge in [-0.1, -0.05) is 27.7 Å². The van der Waals surface area contributed by atoms with E-state index in [0.717, 1.165) is 6.07 Å². The summed E-state index contributed by atoms with van der Waals surface area (Å²) >= 11 is 0. The normalized spacial score (nSPS) is 15.5. The number of hydrogen-bond acceptors (Lipinski definition) is 5. The van der Waals surface area contributed by atoms with Crippen LogP contribution in [-0.2, 0) is 9.31 Å². The predicted molar refractivity (Wildman–Crippen MR) is 121 cm³/mol. The SMILES string of the molecule is CC.CC.CC1(C)OB(c2cc(Oc3ccc(C#N)cc3F)ccc2C=O)OC1(C)C. The van der Waals surface area contributed by atoms with Crippen LogP contribution in [0.25, 0.3) is 0 Å². The molecule has 5 nitrogen and oxygen atoms in total. The van der Waals surface area contributed by atoms with Crippen LogP contribution >= 0.6 is 0 Å². The molecular formula is C24H31BFNO4. The molecule has 0 radical (unpaired) electrons. The van der Waals surface area contributed by atoms with Crippen LogP contribution in [0.2, 0.25) is 0 Å². The molecule has 2 aromatic carbocycles. The van der Waals surface area contributed by atoms with Crippen LogP contribution in [0.3, 0.4) is 0 Å². The first-order chi connectivity index (χ1) is 14.7. The number of rotatable bonds is 4. The van der Waals surface area contributed by atoms with E-state index in [0.29, 0.717) is 23.1 Å². The molecule has 0 saturated carbocycles. The minimum atomic E-state index is -0.746. The van der Waals surface area contributed by atoms with Gasteiger partial charge >= 0.3 is 7.12 Å². The van der Waals surface area contributed by atoms with Crippen molar-refractivity contribution in [1.82, 2.24) is 0 Å². The van der Waals surface area contributed by atoms with Crippen molar-refractivity contribution in [3.63, 3.8) is 0 Å². The number of ether oxygens (including phenoxy) is 1. The molecule has 0 N–H and O–H groups in total. The minimum absolute atomic E-state index is 0.0206. The molecule has 0 atom stereocenters. The molecule has 3 rings (SSSR count). The topological polar surface area (TPSA) is 68.5 Å². The summed E-state index contributed by atoms with van der Waals surface area (Å²) in [6.07, 6.45) is 0.715. The van der Waals surface area contributed by atoms with Crippen molar-refractivity contribution in [2.75, 3.05) is 0 Å². The van der Waals surface area contributed by atoms with Gasteiger partial charge in [-0.25, -0.2) is 4.39 Å². The van der Waals surface area contributed by atoms with Crippen molar-refractivity contribution in [1.29, 1.82) is 5.26 Å². The predicted octanol–water partition coefficient (Wildman–Crippen LogP) is 5.65. The molecule has 7 heteroatoms. The van der Waals surface area contributed by atoms with Crippen molar-refractivity contribution in [3.8, 4) is 17.6 Å². The zero-order valence-corrected chi connectivity index (χ0v) is 19.6.